The van der Waals surface area contributed by atoms with E-state index in [1.807, 2.05) is 106 Å². The van der Waals surface area contributed by atoms with E-state index in [0.29, 0.717) is 32.7 Å². The second-order valence-corrected chi connectivity index (χ2v) is 10.4. The molecule has 1 fully saturated rings. The van der Waals surface area contributed by atoms with Gasteiger partial charge in [0.25, 0.3) is 0 Å². The lowest BCUT2D eigenvalue weighted by Gasteiger charge is -2.39. The number of benzene rings is 3. The molecule has 0 unspecified atom stereocenters. The van der Waals surface area contributed by atoms with Gasteiger partial charge in [-0.15, -0.1) is 11.3 Å². The topological polar surface area (TPSA) is 47.1 Å². The Balaban J connectivity index is 1.31. The lowest BCUT2D eigenvalue weighted by atomic mass is 10.2. The zero-order valence-electron chi connectivity index (χ0n) is 20.9. The van der Waals surface area contributed by atoms with E-state index in [-0.39, 0.29) is 12.1 Å². The first kappa shape index (κ1) is 24.6. The standard InChI is InChI=1S/C30H30N4O2S/c1-24-17-18-28(37-24)23-33(25-11-5-2-6-12-25)29(35)31-19-21-32(22-20-31)30(36)34(26-13-7-3-8-14-26)27-15-9-4-10-16-27/h2-18H,19-23H2,1H3. The quantitative estimate of drug-likeness (QED) is 0.298. The number of piperazine rings is 1. The number of nitrogens with zero attached hydrogens (tertiary/aromatic N) is 4. The zero-order valence-corrected chi connectivity index (χ0v) is 21.7. The van der Waals surface area contributed by atoms with Crippen LogP contribution in [0.1, 0.15) is 9.75 Å². The van der Waals surface area contributed by atoms with Gasteiger partial charge in [0.05, 0.1) is 17.9 Å². The predicted molar refractivity (Wildman–Crippen MR) is 151 cm³/mol. The molecule has 6 nitrogen and oxygen atoms in total. The summed E-state index contributed by atoms with van der Waals surface area (Å²) in [6, 6.07) is 33.2. The van der Waals surface area contributed by atoms with Crippen molar-refractivity contribution in [3.8, 4) is 0 Å². The Morgan fingerprint density at radius 2 is 1.11 bits per heavy atom. The molecule has 1 aliphatic heterocycles. The normalized spacial score (nSPS) is 13.3. The van der Waals surface area contributed by atoms with Gasteiger partial charge >= 0.3 is 12.1 Å². The number of para-hydroxylation sites is 3. The molecule has 1 saturated heterocycles. The summed E-state index contributed by atoms with van der Waals surface area (Å²) in [6.07, 6.45) is 0. The van der Waals surface area contributed by atoms with Crippen LogP contribution >= 0.6 is 11.3 Å². The van der Waals surface area contributed by atoms with Crippen molar-refractivity contribution in [1.82, 2.24) is 9.80 Å². The minimum Gasteiger partial charge on any atom is -0.321 e. The van der Waals surface area contributed by atoms with Crippen LogP contribution in [0.2, 0.25) is 0 Å². The van der Waals surface area contributed by atoms with Gasteiger partial charge < -0.3 is 9.80 Å². The maximum atomic E-state index is 13.7. The van der Waals surface area contributed by atoms with Crippen LogP contribution < -0.4 is 9.80 Å². The van der Waals surface area contributed by atoms with Gasteiger partial charge in [-0.3, -0.25) is 9.80 Å². The molecule has 0 bridgehead atoms. The summed E-state index contributed by atoms with van der Waals surface area (Å²) in [4.78, 5) is 37.1. The second-order valence-electron chi connectivity index (χ2n) is 8.98. The van der Waals surface area contributed by atoms with Crippen molar-refractivity contribution in [2.45, 2.75) is 13.5 Å². The van der Waals surface area contributed by atoms with Gasteiger partial charge in [0.15, 0.2) is 0 Å². The molecule has 37 heavy (non-hydrogen) atoms. The van der Waals surface area contributed by atoms with Crippen LogP contribution in [-0.2, 0) is 6.54 Å². The number of urea groups is 2. The van der Waals surface area contributed by atoms with E-state index in [4.69, 9.17) is 0 Å². The number of rotatable bonds is 5. The van der Waals surface area contributed by atoms with Crippen molar-refractivity contribution in [3.63, 3.8) is 0 Å². The molecule has 3 aromatic carbocycles. The fourth-order valence-corrected chi connectivity index (χ4v) is 5.41. The summed E-state index contributed by atoms with van der Waals surface area (Å²) in [5.41, 5.74) is 2.51. The molecule has 2 heterocycles. The Bertz CT molecular complexity index is 1280. The molecule has 7 heteroatoms. The van der Waals surface area contributed by atoms with E-state index in [2.05, 4.69) is 19.1 Å². The summed E-state index contributed by atoms with van der Waals surface area (Å²) in [5, 5.41) is 0. The highest BCUT2D eigenvalue weighted by atomic mass is 32.1. The number of amides is 4. The fourth-order valence-electron chi connectivity index (χ4n) is 4.53. The first-order chi connectivity index (χ1) is 18.1. The molecule has 4 amide bonds. The molecule has 5 rings (SSSR count). The van der Waals surface area contributed by atoms with Crippen LogP contribution in [0.5, 0.6) is 0 Å². The van der Waals surface area contributed by atoms with Gasteiger partial charge in [0.1, 0.15) is 0 Å². The van der Waals surface area contributed by atoms with E-state index in [9.17, 15) is 9.59 Å². The summed E-state index contributed by atoms with van der Waals surface area (Å²) in [7, 11) is 0. The minimum absolute atomic E-state index is 0.0349. The number of thiophene rings is 1. The molecule has 1 aliphatic rings. The van der Waals surface area contributed by atoms with E-state index >= 15 is 0 Å². The predicted octanol–water partition coefficient (Wildman–Crippen LogP) is 6.76. The molecule has 1 aromatic heterocycles. The summed E-state index contributed by atoms with van der Waals surface area (Å²) in [5.74, 6) is 0. The van der Waals surface area contributed by atoms with Gasteiger partial charge in [0.2, 0.25) is 0 Å². The maximum absolute atomic E-state index is 13.7. The number of anilines is 3. The molecule has 0 saturated carbocycles. The molecule has 188 valence electrons. The van der Waals surface area contributed by atoms with Gasteiger partial charge in [-0.25, -0.2) is 9.59 Å². The van der Waals surface area contributed by atoms with E-state index < -0.39 is 0 Å². The molecule has 0 aliphatic carbocycles. The minimum atomic E-state index is -0.0847. The van der Waals surface area contributed by atoms with Crippen molar-refractivity contribution in [1.29, 1.82) is 0 Å². The molecule has 4 aromatic rings. The smallest absolute Gasteiger partial charge is 0.321 e. The van der Waals surface area contributed by atoms with Crippen molar-refractivity contribution in [2.24, 2.45) is 0 Å². The van der Waals surface area contributed by atoms with E-state index in [1.54, 1.807) is 16.2 Å². The number of aryl methyl sites for hydroxylation is 1. The monoisotopic (exact) mass is 510 g/mol. The van der Waals surface area contributed by atoms with Crippen LogP contribution in [-0.4, -0.2) is 48.0 Å². The molecule has 0 atom stereocenters. The Morgan fingerprint density at radius 1 is 0.649 bits per heavy atom. The molecular weight excluding hydrogens is 480 g/mol. The third-order valence-corrected chi connectivity index (χ3v) is 7.43. The Hall–Kier alpha value is -4.10. The molecule has 0 radical (unpaired) electrons. The largest absolute Gasteiger partial charge is 0.329 e. The highest BCUT2D eigenvalue weighted by Crippen LogP contribution is 2.28. The molecule has 0 N–H and O–H groups in total. The molecular formula is C30H30N4O2S. The Morgan fingerprint density at radius 3 is 1.57 bits per heavy atom. The lowest BCUT2D eigenvalue weighted by molar-refractivity contribution is 0.150. The van der Waals surface area contributed by atoms with Crippen LogP contribution in [0, 0.1) is 6.92 Å². The highest BCUT2D eigenvalue weighted by molar-refractivity contribution is 7.11. The van der Waals surface area contributed by atoms with Crippen LogP contribution in [0.25, 0.3) is 0 Å². The van der Waals surface area contributed by atoms with Gasteiger partial charge in [-0.05, 0) is 55.5 Å². The zero-order chi connectivity index (χ0) is 25.6. The maximum Gasteiger partial charge on any atom is 0.329 e. The van der Waals surface area contributed by atoms with Crippen molar-refractivity contribution in [3.05, 3.63) is 113 Å². The van der Waals surface area contributed by atoms with Crippen LogP contribution in [0.3, 0.4) is 0 Å². The van der Waals surface area contributed by atoms with Crippen LogP contribution in [0.4, 0.5) is 26.7 Å². The fraction of sp³-hybridized carbons (Fsp3) is 0.200. The van der Waals surface area contributed by atoms with E-state index in [1.165, 1.54) is 4.88 Å². The van der Waals surface area contributed by atoms with Crippen LogP contribution in [0.15, 0.2) is 103 Å². The first-order valence-electron chi connectivity index (χ1n) is 12.5. The second kappa shape index (κ2) is 11.3. The van der Waals surface area contributed by atoms with Gasteiger partial charge in [-0.1, -0.05) is 54.6 Å². The first-order valence-corrected chi connectivity index (χ1v) is 13.3. The van der Waals surface area contributed by atoms with Gasteiger partial charge in [0, 0.05) is 41.6 Å². The van der Waals surface area contributed by atoms with Gasteiger partial charge in [-0.2, -0.15) is 0 Å². The summed E-state index contributed by atoms with van der Waals surface area (Å²) >= 11 is 1.71. The number of carbonyl (C=O) groups is 2. The SMILES string of the molecule is Cc1ccc(CN(C(=O)N2CCN(C(=O)N(c3ccccc3)c3ccccc3)CC2)c2ccccc2)s1. The Kier molecular flexibility index (Phi) is 7.51. The van der Waals surface area contributed by atoms with Crippen molar-refractivity contribution < 1.29 is 9.59 Å². The summed E-state index contributed by atoms with van der Waals surface area (Å²) < 4.78 is 0. The lowest BCUT2D eigenvalue weighted by Crippen LogP contribution is -2.55. The third-order valence-electron chi connectivity index (χ3n) is 6.45. The average molecular weight is 511 g/mol. The third kappa shape index (κ3) is 5.67. The van der Waals surface area contributed by atoms with Crippen molar-refractivity contribution in [2.75, 3.05) is 36.0 Å². The number of hydrogen-bond donors (Lipinski definition) is 0. The van der Waals surface area contributed by atoms with E-state index in [0.717, 1.165) is 21.9 Å². The number of hydrogen-bond acceptors (Lipinski definition) is 3. The van der Waals surface area contributed by atoms with Crippen molar-refractivity contribution >= 4 is 40.5 Å². The Labute approximate surface area is 222 Å². The highest BCUT2D eigenvalue weighted by Gasteiger charge is 2.31. The number of carbonyl (C=O) groups excluding carboxylic acids is 2. The molecule has 0 spiro atoms. The summed E-state index contributed by atoms with van der Waals surface area (Å²) in [6.45, 7) is 4.51. The average Bonchev–Trinajstić information content (AvgIpc) is 3.37.